The van der Waals surface area contributed by atoms with E-state index in [9.17, 15) is 40.5 Å². The van der Waals surface area contributed by atoms with Crippen molar-refractivity contribution < 1.29 is 64.2 Å². The van der Waals surface area contributed by atoms with Crippen molar-refractivity contribution in [3.63, 3.8) is 0 Å². The highest BCUT2D eigenvalue weighted by Gasteiger charge is 2.47. The van der Waals surface area contributed by atoms with Crippen molar-refractivity contribution in [3.05, 3.63) is 83.1 Å². The summed E-state index contributed by atoms with van der Waals surface area (Å²) in [6.07, 6.45) is -5.01. The zero-order valence-electron chi connectivity index (χ0n) is 23.2. The van der Waals surface area contributed by atoms with Crippen molar-refractivity contribution in [2.24, 2.45) is 0 Å². The molecule has 13 nitrogen and oxygen atoms in total. The minimum absolute atomic E-state index is 0.0337. The number of esters is 1. The molecule has 0 aromatic heterocycles. The Labute approximate surface area is 250 Å². The van der Waals surface area contributed by atoms with E-state index in [-0.39, 0.29) is 45.8 Å². The third-order valence-corrected chi connectivity index (χ3v) is 7.08. The second kappa shape index (κ2) is 12.7. The molecule has 1 unspecified atom stereocenters. The molecule has 6 atom stereocenters. The summed E-state index contributed by atoms with van der Waals surface area (Å²) in [5.41, 5.74) is 1.27. The normalized spacial score (nSPS) is 24.6. The van der Waals surface area contributed by atoms with Gasteiger partial charge in [0.25, 0.3) is 11.9 Å². The van der Waals surface area contributed by atoms with E-state index in [0.717, 1.165) is 12.1 Å². The lowest BCUT2D eigenvalue weighted by Crippen LogP contribution is -2.59. The molecular weight excluding hydrogens is 580 g/mol. The number of fused-ring (bicyclic) bond motifs is 1. The van der Waals surface area contributed by atoms with Gasteiger partial charge in [0.2, 0.25) is 6.29 Å². The van der Waals surface area contributed by atoms with Crippen LogP contribution in [0.2, 0.25) is 0 Å². The van der Waals surface area contributed by atoms with E-state index in [1.54, 1.807) is 18.2 Å². The first-order valence-corrected chi connectivity index (χ1v) is 13.4. The van der Waals surface area contributed by atoms with E-state index >= 15 is 0 Å². The molecule has 3 aromatic rings. The number of rotatable bonds is 8. The second-order valence-electron chi connectivity index (χ2n) is 10.1. The molecule has 2 aliphatic heterocycles. The van der Waals surface area contributed by atoms with Crippen LogP contribution < -0.4 is 4.74 Å². The monoisotopic (exact) mass is 611 g/mol. The Bertz CT molecular complexity index is 1570. The van der Waals surface area contributed by atoms with Crippen molar-refractivity contribution in [1.82, 2.24) is 0 Å². The summed E-state index contributed by atoms with van der Waals surface area (Å²) in [6.45, 7) is -0.505. The first-order valence-electron chi connectivity index (χ1n) is 13.4. The number of phenols is 4. The first-order chi connectivity index (χ1) is 21.0. The summed E-state index contributed by atoms with van der Waals surface area (Å²) in [5.74, 6) is -0.997. The number of methoxy groups -OCH3 is 1. The molecule has 13 heteroatoms. The molecule has 0 radical (unpaired) electrons. The molecular formula is C31H31O13+. The maximum Gasteiger partial charge on any atom is 0.330 e. The molecule has 0 aliphatic carbocycles. The highest BCUT2D eigenvalue weighted by Crippen LogP contribution is 2.46. The minimum atomic E-state index is -1.75. The zero-order chi connectivity index (χ0) is 31.5. The predicted octanol–water partition coefficient (Wildman–Crippen LogP) is 1.94. The zero-order valence-corrected chi connectivity index (χ0v) is 23.2. The van der Waals surface area contributed by atoms with E-state index < -0.39 is 49.4 Å². The first kappa shape index (κ1) is 30.5. The topological polar surface area (TPSA) is 208 Å². The molecule has 44 heavy (non-hydrogen) atoms. The van der Waals surface area contributed by atoms with Crippen molar-refractivity contribution in [3.8, 4) is 34.5 Å². The summed E-state index contributed by atoms with van der Waals surface area (Å²) < 4.78 is 26.7. The number of aliphatic hydroxyl groups excluding tert-OH is 3. The van der Waals surface area contributed by atoms with Crippen LogP contribution in [0, 0.1) is 0 Å². The maximum absolute atomic E-state index is 12.3. The largest absolute Gasteiger partial charge is 0.571 e. The van der Waals surface area contributed by atoms with Gasteiger partial charge in [0.1, 0.15) is 53.8 Å². The predicted molar refractivity (Wildman–Crippen MR) is 153 cm³/mol. The molecule has 2 heterocycles. The summed E-state index contributed by atoms with van der Waals surface area (Å²) in [6, 6.07) is 12.9. The third kappa shape index (κ3) is 6.50. The lowest BCUT2D eigenvalue weighted by atomic mass is 9.98. The Morgan fingerprint density at radius 3 is 2.39 bits per heavy atom. The highest BCUT2D eigenvalue weighted by atomic mass is 16.7. The van der Waals surface area contributed by atoms with Gasteiger partial charge in [-0.15, -0.1) is 0 Å². The summed E-state index contributed by atoms with van der Waals surface area (Å²) >= 11 is 0. The van der Waals surface area contributed by atoms with Gasteiger partial charge in [-0.05, 0) is 42.0 Å². The van der Waals surface area contributed by atoms with Crippen LogP contribution in [0.15, 0.2) is 66.4 Å². The Morgan fingerprint density at radius 1 is 0.909 bits per heavy atom. The molecule has 232 valence electrons. The number of benzene rings is 3. The summed E-state index contributed by atoms with van der Waals surface area (Å²) in [7, 11) is 1.37. The van der Waals surface area contributed by atoms with Gasteiger partial charge in [0.05, 0.1) is 18.7 Å². The fourth-order valence-electron chi connectivity index (χ4n) is 4.74. The quantitative estimate of drug-likeness (QED) is 0.111. The smallest absolute Gasteiger partial charge is 0.330 e. The van der Waals surface area contributed by atoms with Crippen LogP contribution in [-0.4, -0.2) is 90.9 Å². The average Bonchev–Trinajstić information content (AvgIpc) is 3.00. The van der Waals surface area contributed by atoms with E-state index in [1.165, 1.54) is 49.6 Å². The number of hydrogen-bond donors (Lipinski definition) is 7. The third-order valence-electron chi connectivity index (χ3n) is 7.08. The van der Waals surface area contributed by atoms with Gasteiger partial charge in [-0.2, -0.15) is 0 Å². The highest BCUT2D eigenvalue weighted by molar-refractivity contribution is 5.87. The number of carbonyl (C=O) groups excluding carboxylic acids is 1. The van der Waals surface area contributed by atoms with Crippen LogP contribution in [-0.2, 0) is 19.0 Å². The van der Waals surface area contributed by atoms with Crippen molar-refractivity contribution in [2.45, 2.75) is 36.8 Å². The summed E-state index contributed by atoms with van der Waals surface area (Å²) in [5, 5.41) is 71.8. The standard InChI is InChI=1S/C31H30O13/c1-40-23-10-16(5-8-20(23)34)30-24(13-19-21(35)11-18(33)12-22(19)42-30)43-31-29(39)28(38)27(37)25(44-31)14-41-26(36)9-4-15-2-6-17(32)7-3-15/h2-13,25,27-35,37-39H,14H2,1H3/p+1/b9-4+/t25-,27-,28-,29-,30?,31-/m1/s1. The van der Waals surface area contributed by atoms with Gasteiger partial charge in [-0.3, -0.25) is 0 Å². The van der Waals surface area contributed by atoms with Crippen LogP contribution in [0.4, 0.5) is 0 Å². The Hall–Kier alpha value is -4.95. The molecule has 0 bridgehead atoms. The Balaban J connectivity index is 1.36. The molecule has 3 aromatic carbocycles. The number of aromatic hydroxyl groups is 5. The van der Waals surface area contributed by atoms with Gasteiger partial charge in [0, 0.05) is 18.2 Å². The van der Waals surface area contributed by atoms with Crippen LogP contribution >= 0.6 is 0 Å². The van der Waals surface area contributed by atoms with E-state index in [4.69, 9.17) is 18.9 Å². The molecule has 2 aliphatic rings. The van der Waals surface area contributed by atoms with Crippen molar-refractivity contribution in [1.29, 1.82) is 0 Å². The number of carbonyl (C=O) groups is 1. The second-order valence-corrected chi connectivity index (χ2v) is 10.1. The SMILES string of the molecule is COc1cc(C2[OH+]c3cc(O)cc(O)c3C=C2O[C@@H]2O[C@H](COC(=O)/C=C/c3ccc(O)cc3)[C@@H](O)[C@@H](O)[C@H]2O)ccc1O. The average molecular weight is 612 g/mol. The summed E-state index contributed by atoms with van der Waals surface area (Å²) in [4.78, 5) is 12.3. The lowest BCUT2D eigenvalue weighted by Gasteiger charge is -2.40. The van der Waals surface area contributed by atoms with Gasteiger partial charge >= 0.3 is 5.97 Å². The van der Waals surface area contributed by atoms with Crippen molar-refractivity contribution in [2.75, 3.05) is 13.7 Å². The lowest BCUT2D eigenvalue weighted by molar-refractivity contribution is -0.296. The number of hydrogen-bond acceptors (Lipinski definition) is 12. The maximum atomic E-state index is 12.3. The van der Waals surface area contributed by atoms with E-state index in [0.29, 0.717) is 11.1 Å². The van der Waals surface area contributed by atoms with Crippen LogP contribution in [0.5, 0.6) is 34.5 Å². The molecule has 0 spiro atoms. The Kier molecular flexibility index (Phi) is 8.83. The molecule has 1 saturated heterocycles. The molecule has 1 fully saturated rings. The number of phenolic OH excluding ortho intramolecular Hbond substituents is 4. The molecule has 0 saturated carbocycles. The molecule has 5 rings (SSSR count). The van der Waals surface area contributed by atoms with Gasteiger partial charge in [0.15, 0.2) is 17.3 Å². The van der Waals surface area contributed by atoms with Crippen molar-refractivity contribution >= 4 is 18.1 Å². The minimum Gasteiger partial charge on any atom is -0.571 e. The van der Waals surface area contributed by atoms with E-state index in [2.05, 4.69) is 4.74 Å². The number of aliphatic hydroxyl groups is 4. The number of ether oxygens (including phenoxy) is 5. The molecule has 8 N–H and O–H groups in total. The Morgan fingerprint density at radius 2 is 1.66 bits per heavy atom. The van der Waals surface area contributed by atoms with Crippen LogP contribution in [0.3, 0.4) is 0 Å². The van der Waals surface area contributed by atoms with Crippen LogP contribution in [0.1, 0.15) is 22.8 Å². The molecule has 0 amide bonds. The van der Waals surface area contributed by atoms with E-state index in [1.807, 2.05) is 0 Å². The fourth-order valence-corrected chi connectivity index (χ4v) is 4.74. The van der Waals surface area contributed by atoms with Gasteiger partial charge in [-0.25, -0.2) is 4.79 Å². The fraction of sp³-hybridized carbons (Fsp3) is 0.258. The van der Waals surface area contributed by atoms with Gasteiger partial charge in [-0.1, -0.05) is 12.1 Å². The van der Waals surface area contributed by atoms with Gasteiger partial charge < -0.3 is 59.4 Å². The van der Waals surface area contributed by atoms with Crippen LogP contribution in [0.25, 0.3) is 12.2 Å².